The van der Waals surface area contributed by atoms with Crippen molar-refractivity contribution < 1.29 is 19.1 Å². The number of aromatic nitrogens is 1. The molecule has 4 heterocycles. The summed E-state index contributed by atoms with van der Waals surface area (Å²) in [6, 6.07) is 15.0. The molecule has 3 atom stereocenters. The number of amides is 2. The summed E-state index contributed by atoms with van der Waals surface area (Å²) in [4.78, 5) is 34.3. The number of hydrogen-bond donors (Lipinski definition) is 1. The highest BCUT2D eigenvalue weighted by atomic mass is 16.5. The van der Waals surface area contributed by atoms with Gasteiger partial charge >= 0.3 is 0 Å². The first-order valence-electron chi connectivity index (χ1n) is 11.6. The predicted octanol–water partition coefficient (Wildman–Crippen LogP) is 3.04. The zero-order chi connectivity index (χ0) is 22.5. The number of hydrogen-bond acceptors (Lipinski definition) is 4. The second-order valence-electron chi connectivity index (χ2n) is 9.12. The van der Waals surface area contributed by atoms with E-state index in [1.165, 1.54) is 0 Å². The van der Waals surface area contributed by atoms with Crippen LogP contribution in [0, 0.1) is 0 Å². The highest BCUT2D eigenvalue weighted by molar-refractivity contribution is 5.97. The van der Waals surface area contributed by atoms with E-state index in [0.29, 0.717) is 13.0 Å². The summed E-state index contributed by atoms with van der Waals surface area (Å²) in [5, 5.41) is 1.11. The van der Waals surface area contributed by atoms with Gasteiger partial charge in [-0.2, -0.15) is 0 Å². The SMILES string of the molecule is COc1cccc([C@@H]2c3[nH]c4ccccc4c3C[C@H]3C(=O)N(C[C@H]4CCCO4)CC(=O)N23)c1. The fraction of sp³-hybridized carbons (Fsp3) is 0.385. The van der Waals surface area contributed by atoms with Crippen LogP contribution in [0.25, 0.3) is 10.9 Å². The van der Waals surface area contributed by atoms with Crippen molar-refractivity contribution in [2.75, 3.05) is 26.8 Å². The number of piperazine rings is 1. The van der Waals surface area contributed by atoms with Crippen LogP contribution in [-0.4, -0.2) is 65.6 Å². The van der Waals surface area contributed by atoms with Crippen LogP contribution in [-0.2, 0) is 20.7 Å². The van der Waals surface area contributed by atoms with Gasteiger partial charge in [0.25, 0.3) is 0 Å². The lowest BCUT2D eigenvalue weighted by Gasteiger charge is -2.47. The van der Waals surface area contributed by atoms with Gasteiger partial charge < -0.3 is 24.3 Å². The van der Waals surface area contributed by atoms with Gasteiger partial charge in [0.1, 0.15) is 11.8 Å². The Balaban J connectivity index is 1.46. The number of carbonyl (C=O) groups is 2. The zero-order valence-electron chi connectivity index (χ0n) is 18.6. The van der Waals surface area contributed by atoms with E-state index in [-0.39, 0.29) is 30.5 Å². The molecule has 3 aromatic rings. The summed E-state index contributed by atoms with van der Waals surface area (Å²) >= 11 is 0. The molecule has 2 fully saturated rings. The Morgan fingerprint density at radius 1 is 1.15 bits per heavy atom. The maximum atomic E-state index is 13.7. The van der Waals surface area contributed by atoms with Gasteiger partial charge in [-0.1, -0.05) is 30.3 Å². The number of aromatic amines is 1. The molecule has 33 heavy (non-hydrogen) atoms. The minimum absolute atomic E-state index is 0.00827. The van der Waals surface area contributed by atoms with Gasteiger partial charge in [-0.3, -0.25) is 9.59 Å². The lowest BCUT2D eigenvalue weighted by Crippen LogP contribution is -2.63. The Kier molecular flexibility index (Phi) is 4.87. The number of rotatable bonds is 4. The summed E-state index contributed by atoms with van der Waals surface area (Å²) in [5.74, 6) is 0.701. The Morgan fingerprint density at radius 2 is 2.03 bits per heavy atom. The molecular formula is C26H27N3O4. The second kappa shape index (κ2) is 7.92. The quantitative estimate of drug-likeness (QED) is 0.670. The Morgan fingerprint density at radius 3 is 2.85 bits per heavy atom. The highest BCUT2D eigenvalue weighted by Crippen LogP contribution is 2.43. The van der Waals surface area contributed by atoms with Gasteiger partial charge in [-0.25, -0.2) is 0 Å². The van der Waals surface area contributed by atoms with Crippen LogP contribution in [0.1, 0.15) is 35.7 Å². The first kappa shape index (κ1) is 20.3. The smallest absolute Gasteiger partial charge is 0.246 e. The first-order chi connectivity index (χ1) is 16.1. The van der Waals surface area contributed by atoms with Crippen LogP contribution in [0.15, 0.2) is 48.5 Å². The Bertz CT molecular complexity index is 1230. The third-order valence-electron chi connectivity index (χ3n) is 7.20. The van der Waals surface area contributed by atoms with E-state index in [9.17, 15) is 9.59 Å². The van der Waals surface area contributed by atoms with E-state index in [0.717, 1.165) is 52.9 Å². The van der Waals surface area contributed by atoms with Crippen molar-refractivity contribution in [2.45, 2.75) is 37.5 Å². The molecule has 7 nitrogen and oxygen atoms in total. The molecule has 170 valence electrons. The third-order valence-corrected chi connectivity index (χ3v) is 7.20. The van der Waals surface area contributed by atoms with Crippen molar-refractivity contribution in [1.82, 2.24) is 14.8 Å². The summed E-state index contributed by atoms with van der Waals surface area (Å²) in [6.07, 6.45) is 2.47. The fourth-order valence-corrected chi connectivity index (χ4v) is 5.67. The van der Waals surface area contributed by atoms with Gasteiger partial charge in [0.15, 0.2) is 0 Å². The molecule has 2 aromatic carbocycles. The molecule has 2 saturated heterocycles. The van der Waals surface area contributed by atoms with Crippen molar-refractivity contribution in [3.8, 4) is 5.75 Å². The van der Waals surface area contributed by atoms with Crippen molar-refractivity contribution in [3.63, 3.8) is 0 Å². The summed E-state index contributed by atoms with van der Waals surface area (Å²) in [6.45, 7) is 1.30. The van der Waals surface area contributed by atoms with Crippen LogP contribution in [0.3, 0.4) is 0 Å². The monoisotopic (exact) mass is 445 g/mol. The van der Waals surface area contributed by atoms with Gasteiger partial charge in [0, 0.05) is 36.2 Å². The number of benzene rings is 2. The molecule has 2 amide bonds. The average Bonchev–Trinajstić information content (AvgIpc) is 3.48. The standard InChI is InChI=1S/C26H27N3O4/c1-32-17-7-4-6-16(12-17)25-24-20(19-9-2-3-10-21(19)27-24)13-22-26(31)28(15-23(30)29(22)25)14-18-8-5-11-33-18/h2-4,6-7,9-10,12,18,22,25,27H,5,8,11,13-15H2,1H3/t18-,22+,25-/m1/s1. The molecule has 0 bridgehead atoms. The molecule has 3 aliphatic rings. The van der Waals surface area contributed by atoms with Gasteiger partial charge in [0.05, 0.1) is 25.8 Å². The van der Waals surface area contributed by atoms with Gasteiger partial charge in [-0.05, 0) is 42.2 Å². The minimum Gasteiger partial charge on any atom is -0.497 e. The summed E-state index contributed by atoms with van der Waals surface area (Å²) in [5.41, 5.74) is 4.04. The van der Waals surface area contributed by atoms with Crippen LogP contribution in [0.4, 0.5) is 0 Å². The van der Waals surface area contributed by atoms with Crippen molar-refractivity contribution in [1.29, 1.82) is 0 Å². The van der Waals surface area contributed by atoms with E-state index < -0.39 is 6.04 Å². The fourth-order valence-electron chi connectivity index (χ4n) is 5.67. The number of methoxy groups -OCH3 is 1. The van der Waals surface area contributed by atoms with E-state index in [1.54, 1.807) is 16.9 Å². The van der Waals surface area contributed by atoms with Crippen molar-refractivity contribution >= 4 is 22.7 Å². The summed E-state index contributed by atoms with van der Waals surface area (Å²) in [7, 11) is 1.63. The second-order valence-corrected chi connectivity index (χ2v) is 9.12. The van der Waals surface area contributed by atoms with Gasteiger partial charge in [-0.15, -0.1) is 0 Å². The predicted molar refractivity (Wildman–Crippen MR) is 123 cm³/mol. The largest absolute Gasteiger partial charge is 0.497 e. The van der Waals surface area contributed by atoms with E-state index >= 15 is 0 Å². The molecule has 0 saturated carbocycles. The van der Waals surface area contributed by atoms with Crippen LogP contribution >= 0.6 is 0 Å². The van der Waals surface area contributed by atoms with Crippen LogP contribution in [0.5, 0.6) is 5.75 Å². The molecule has 7 heteroatoms. The minimum atomic E-state index is -0.532. The Hall–Kier alpha value is -3.32. The molecule has 6 rings (SSSR count). The van der Waals surface area contributed by atoms with Crippen molar-refractivity contribution in [3.05, 3.63) is 65.4 Å². The third kappa shape index (κ3) is 3.30. The molecule has 1 aromatic heterocycles. The molecule has 0 aliphatic carbocycles. The molecule has 0 spiro atoms. The number of carbonyl (C=O) groups excluding carboxylic acids is 2. The first-order valence-corrected chi connectivity index (χ1v) is 11.6. The van der Waals surface area contributed by atoms with Crippen LogP contribution < -0.4 is 4.74 Å². The van der Waals surface area contributed by atoms with Crippen LogP contribution in [0.2, 0.25) is 0 Å². The summed E-state index contributed by atoms with van der Waals surface area (Å²) < 4.78 is 11.2. The number of fused-ring (bicyclic) bond motifs is 4. The normalized spacial score (nSPS) is 24.8. The number of H-pyrrole nitrogens is 1. The van der Waals surface area contributed by atoms with E-state index in [1.807, 2.05) is 42.5 Å². The highest BCUT2D eigenvalue weighted by Gasteiger charge is 2.48. The lowest BCUT2D eigenvalue weighted by atomic mass is 9.86. The molecule has 0 unspecified atom stereocenters. The molecule has 3 aliphatic heterocycles. The Labute approximate surface area is 192 Å². The van der Waals surface area contributed by atoms with Crippen molar-refractivity contribution in [2.24, 2.45) is 0 Å². The molecular weight excluding hydrogens is 418 g/mol. The number of ether oxygens (including phenoxy) is 2. The number of nitrogens with one attached hydrogen (secondary N) is 1. The van der Waals surface area contributed by atoms with E-state index in [4.69, 9.17) is 9.47 Å². The van der Waals surface area contributed by atoms with Gasteiger partial charge in [0.2, 0.25) is 11.8 Å². The average molecular weight is 446 g/mol. The maximum absolute atomic E-state index is 13.7. The lowest BCUT2D eigenvalue weighted by molar-refractivity contribution is -0.159. The maximum Gasteiger partial charge on any atom is 0.246 e. The number of nitrogens with zero attached hydrogens (tertiary/aromatic N) is 2. The molecule has 0 radical (unpaired) electrons. The number of para-hydroxylation sites is 1. The zero-order valence-corrected chi connectivity index (χ0v) is 18.6. The molecule has 1 N–H and O–H groups in total. The van der Waals surface area contributed by atoms with E-state index in [2.05, 4.69) is 11.1 Å². The topological polar surface area (TPSA) is 74.9 Å².